The van der Waals surface area contributed by atoms with Gasteiger partial charge in [0.2, 0.25) is 0 Å². The highest BCUT2D eigenvalue weighted by Crippen LogP contribution is 2.47. The molecule has 0 radical (unpaired) electrons. The predicted molar refractivity (Wildman–Crippen MR) is 60.5 cm³/mol. The maximum absolute atomic E-state index is 9.40. The van der Waals surface area contributed by atoms with Crippen LogP contribution in [-0.4, -0.2) is 10.7 Å². The molecule has 1 aliphatic rings. The lowest BCUT2D eigenvalue weighted by Gasteiger charge is -2.26. The predicted octanol–water partition coefficient (Wildman–Crippen LogP) is 3.45. The molecule has 2 nitrogen and oxygen atoms in total. The molecule has 1 N–H and O–H groups in total. The molecule has 0 bridgehead atoms. The Balaban J connectivity index is 2.40. The normalized spacial score (nSPS) is 22.2. The van der Waals surface area contributed by atoms with Gasteiger partial charge in [-0.1, -0.05) is 19.4 Å². The average Bonchev–Trinajstić information content (AvgIpc) is 2.37. The van der Waals surface area contributed by atoms with Gasteiger partial charge >= 0.3 is 0 Å². The average molecular weight is 206 g/mol. The van der Waals surface area contributed by atoms with E-state index >= 15 is 0 Å². The van der Waals surface area contributed by atoms with Crippen molar-refractivity contribution in [3.05, 3.63) is 23.8 Å². The number of benzene rings is 1. The number of ether oxygens (including phenoxy) is 1. The molecule has 0 amide bonds. The Morgan fingerprint density at radius 3 is 2.80 bits per heavy atom. The first-order valence-electron chi connectivity index (χ1n) is 5.56. The molecule has 0 aliphatic carbocycles. The lowest BCUT2D eigenvalue weighted by Crippen LogP contribution is -2.30. The minimum Gasteiger partial charge on any atom is -0.508 e. The first-order chi connectivity index (χ1) is 7.04. The van der Waals surface area contributed by atoms with Crippen molar-refractivity contribution < 1.29 is 9.84 Å². The molecule has 1 aromatic carbocycles. The van der Waals surface area contributed by atoms with Gasteiger partial charge in [-0.05, 0) is 26.3 Å². The van der Waals surface area contributed by atoms with Crippen molar-refractivity contribution in [1.82, 2.24) is 0 Å². The van der Waals surface area contributed by atoms with Crippen LogP contribution in [-0.2, 0) is 0 Å². The molecular weight excluding hydrogens is 188 g/mol. The summed E-state index contributed by atoms with van der Waals surface area (Å²) in [5.41, 5.74) is 1.09. The zero-order chi connectivity index (χ0) is 11.1. The van der Waals surface area contributed by atoms with Crippen LogP contribution in [0.15, 0.2) is 18.2 Å². The zero-order valence-corrected chi connectivity index (χ0v) is 9.58. The summed E-state index contributed by atoms with van der Waals surface area (Å²) in [5, 5.41) is 9.40. The standard InChI is InChI=1S/C13H18O2/c1-4-5-11-10-7-6-9(14)8-12(10)15-13(11,2)3/h6-8,11,14H,4-5H2,1-3H3. The van der Waals surface area contributed by atoms with E-state index in [-0.39, 0.29) is 11.4 Å². The zero-order valence-electron chi connectivity index (χ0n) is 9.58. The SMILES string of the molecule is CCCC1c2ccc(O)cc2OC1(C)C. The van der Waals surface area contributed by atoms with Crippen LogP contribution >= 0.6 is 0 Å². The van der Waals surface area contributed by atoms with Gasteiger partial charge in [0.25, 0.3) is 0 Å². The van der Waals surface area contributed by atoms with Crippen LogP contribution in [0.25, 0.3) is 0 Å². The van der Waals surface area contributed by atoms with Crippen LogP contribution in [0.2, 0.25) is 0 Å². The van der Waals surface area contributed by atoms with Crippen LogP contribution in [0, 0.1) is 0 Å². The van der Waals surface area contributed by atoms with Gasteiger partial charge in [-0.25, -0.2) is 0 Å². The van der Waals surface area contributed by atoms with Gasteiger partial charge in [-0.15, -0.1) is 0 Å². The first kappa shape index (κ1) is 10.3. The molecule has 0 saturated heterocycles. The Bertz CT molecular complexity index is 369. The fourth-order valence-electron chi connectivity index (χ4n) is 2.42. The van der Waals surface area contributed by atoms with Gasteiger partial charge < -0.3 is 9.84 Å². The van der Waals surface area contributed by atoms with Gasteiger partial charge in [0.05, 0.1) is 0 Å². The molecule has 0 fully saturated rings. The van der Waals surface area contributed by atoms with Crippen LogP contribution in [0.4, 0.5) is 0 Å². The van der Waals surface area contributed by atoms with Gasteiger partial charge in [0.1, 0.15) is 17.1 Å². The smallest absolute Gasteiger partial charge is 0.127 e. The summed E-state index contributed by atoms with van der Waals surface area (Å²) in [7, 11) is 0. The second kappa shape index (κ2) is 3.44. The minimum atomic E-state index is -0.147. The van der Waals surface area contributed by atoms with Gasteiger partial charge in [-0.2, -0.15) is 0 Å². The van der Waals surface area contributed by atoms with E-state index in [9.17, 15) is 5.11 Å². The maximum atomic E-state index is 9.40. The molecule has 0 saturated carbocycles. The Morgan fingerprint density at radius 1 is 1.40 bits per heavy atom. The highest BCUT2D eigenvalue weighted by atomic mass is 16.5. The molecule has 1 atom stereocenters. The van der Waals surface area contributed by atoms with Crippen LogP contribution in [0.3, 0.4) is 0 Å². The number of phenolic OH excluding ortho intramolecular Hbond substituents is 1. The van der Waals surface area contributed by atoms with Crippen molar-refractivity contribution in [3.63, 3.8) is 0 Å². The van der Waals surface area contributed by atoms with Crippen LogP contribution in [0.1, 0.15) is 45.1 Å². The lowest BCUT2D eigenvalue weighted by atomic mass is 9.84. The van der Waals surface area contributed by atoms with Crippen molar-refractivity contribution in [3.8, 4) is 11.5 Å². The summed E-state index contributed by atoms with van der Waals surface area (Å²) >= 11 is 0. The van der Waals surface area contributed by atoms with Crippen molar-refractivity contribution in [2.45, 2.75) is 45.1 Å². The largest absolute Gasteiger partial charge is 0.508 e. The van der Waals surface area contributed by atoms with E-state index in [0.29, 0.717) is 5.92 Å². The summed E-state index contributed by atoms with van der Waals surface area (Å²) in [5.74, 6) is 1.57. The Kier molecular flexibility index (Phi) is 2.37. The third-order valence-corrected chi connectivity index (χ3v) is 3.16. The quantitative estimate of drug-likeness (QED) is 0.803. The Morgan fingerprint density at radius 2 is 2.13 bits per heavy atom. The first-order valence-corrected chi connectivity index (χ1v) is 5.56. The molecule has 2 heteroatoms. The maximum Gasteiger partial charge on any atom is 0.127 e. The van der Waals surface area contributed by atoms with Gasteiger partial charge in [0, 0.05) is 17.5 Å². The number of rotatable bonds is 2. The van der Waals surface area contributed by atoms with Crippen molar-refractivity contribution in [2.24, 2.45) is 0 Å². The van der Waals surface area contributed by atoms with E-state index in [0.717, 1.165) is 18.6 Å². The van der Waals surface area contributed by atoms with E-state index < -0.39 is 0 Å². The molecule has 82 valence electrons. The highest BCUT2D eigenvalue weighted by molar-refractivity contribution is 5.46. The summed E-state index contributed by atoms with van der Waals surface area (Å²) in [6, 6.07) is 5.44. The summed E-state index contributed by atoms with van der Waals surface area (Å²) < 4.78 is 5.88. The number of hydrogen-bond acceptors (Lipinski definition) is 2. The molecule has 1 aliphatic heterocycles. The van der Waals surface area contributed by atoms with E-state index in [1.165, 1.54) is 5.56 Å². The molecule has 1 aromatic rings. The number of hydrogen-bond donors (Lipinski definition) is 1. The van der Waals surface area contributed by atoms with Crippen molar-refractivity contribution in [2.75, 3.05) is 0 Å². The monoisotopic (exact) mass is 206 g/mol. The van der Waals surface area contributed by atoms with Crippen molar-refractivity contribution >= 4 is 0 Å². The molecule has 0 aromatic heterocycles. The third kappa shape index (κ3) is 1.69. The fourth-order valence-corrected chi connectivity index (χ4v) is 2.42. The van der Waals surface area contributed by atoms with Gasteiger partial charge in [-0.3, -0.25) is 0 Å². The third-order valence-electron chi connectivity index (χ3n) is 3.16. The topological polar surface area (TPSA) is 29.5 Å². The second-order valence-electron chi connectivity index (χ2n) is 4.77. The van der Waals surface area contributed by atoms with Crippen molar-refractivity contribution in [1.29, 1.82) is 0 Å². The molecule has 0 spiro atoms. The Labute approximate surface area is 90.9 Å². The number of phenols is 1. The molecule has 1 unspecified atom stereocenters. The summed E-state index contributed by atoms with van der Waals surface area (Å²) in [6.07, 6.45) is 2.28. The Hall–Kier alpha value is -1.18. The molecule has 15 heavy (non-hydrogen) atoms. The van der Waals surface area contributed by atoms with E-state index in [1.807, 2.05) is 6.07 Å². The molecule has 2 rings (SSSR count). The number of fused-ring (bicyclic) bond motifs is 1. The number of aromatic hydroxyl groups is 1. The van der Waals surface area contributed by atoms with Gasteiger partial charge in [0.15, 0.2) is 0 Å². The molecular formula is C13H18O2. The highest BCUT2D eigenvalue weighted by Gasteiger charge is 2.40. The van der Waals surface area contributed by atoms with Crippen LogP contribution in [0.5, 0.6) is 11.5 Å². The van der Waals surface area contributed by atoms with E-state index in [2.05, 4.69) is 20.8 Å². The second-order valence-corrected chi connectivity index (χ2v) is 4.77. The fraction of sp³-hybridized carbons (Fsp3) is 0.538. The van der Waals surface area contributed by atoms with E-state index in [4.69, 9.17) is 4.74 Å². The summed E-state index contributed by atoms with van der Waals surface area (Å²) in [4.78, 5) is 0. The van der Waals surface area contributed by atoms with E-state index in [1.54, 1.807) is 12.1 Å². The lowest BCUT2D eigenvalue weighted by molar-refractivity contribution is 0.106. The van der Waals surface area contributed by atoms with Crippen LogP contribution < -0.4 is 4.74 Å². The summed E-state index contributed by atoms with van der Waals surface area (Å²) in [6.45, 7) is 6.42. The molecule has 1 heterocycles. The minimum absolute atomic E-state index is 0.147.